The molecular formula is C33H37N3O8S. The number of nitrogens with two attached hydrogens (primary N) is 1. The number of Topliss-reactive ketones (excluding diaryl/α,β-unsaturated/α-hetero) is 1. The molecule has 0 bridgehead atoms. The quantitative estimate of drug-likeness (QED) is 0.295. The van der Waals surface area contributed by atoms with Gasteiger partial charge in [0.15, 0.2) is 35.6 Å². The molecule has 0 aromatic heterocycles. The maximum Gasteiger partial charge on any atom is 0.308 e. The monoisotopic (exact) mass is 635 g/mol. The molecule has 7 aliphatic rings. The third kappa shape index (κ3) is 3.09. The Morgan fingerprint density at radius 3 is 2.64 bits per heavy atom. The Kier molecular flexibility index (Phi) is 5.82. The van der Waals surface area contributed by atoms with Crippen LogP contribution < -0.4 is 29.4 Å². The summed E-state index contributed by atoms with van der Waals surface area (Å²) >= 11 is 1.77. The van der Waals surface area contributed by atoms with Gasteiger partial charge in [-0.15, -0.1) is 0 Å². The number of nitrogens with zero attached hydrogens (tertiary/aromatic N) is 2. The number of carbonyl (C=O) groups excluding carboxylic acids is 2. The fourth-order valence-corrected chi connectivity index (χ4v) is 11.8. The molecule has 4 fully saturated rings. The maximum absolute atomic E-state index is 14.8. The molecule has 9 atom stereocenters. The molecule has 6 aliphatic heterocycles. The first-order valence-electron chi connectivity index (χ1n) is 15.6. The molecule has 2 aromatic carbocycles. The fourth-order valence-electron chi connectivity index (χ4n) is 10.1. The Morgan fingerprint density at radius 1 is 1.13 bits per heavy atom. The van der Waals surface area contributed by atoms with E-state index < -0.39 is 17.4 Å². The van der Waals surface area contributed by atoms with Gasteiger partial charge in [0.2, 0.25) is 6.79 Å². The third-order valence-electron chi connectivity index (χ3n) is 11.6. The van der Waals surface area contributed by atoms with Gasteiger partial charge in [-0.2, -0.15) is 11.8 Å². The minimum Gasteiger partial charge on any atom is -0.493 e. The summed E-state index contributed by atoms with van der Waals surface area (Å²) in [7, 11) is 3.29. The van der Waals surface area contributed by atoms with E-state index in [-0.39, 0.29) is 60.9 Å². The minimum atomic E-state index is -0.974. The van der Waals surface area contributed by atoms with Gasteiger partial charge in [0.25, 0.3) is 0 Å². The van der Waals surface area contributed by atoms with Gasteiger partial charge in [0.1, 0.15) is 5.75 Å². The second-order valence-electron chi connectivity index (χ2n) is 13.4. The zero-order valence-corrected chi connectivity index (χ0v) is 27.0. The van der Waals surface area contributed by atoms with Crippen LogP contribution in [0.25, 0.3) is 0 Å². The average Bonchev–Trinajstić information content (AvgIpc) is 3.63. The number of piperazine rings is 1. The standard InChI is InChI=1S/C33H37N3O8S/c1-12-7-16-19-8-18-14(3)35-24(23(36(18)19)20(16)28(25(12)40-6)41-10-39-5)32-33(31(38)17(34)9-45-32)22-21(30(33)35)29-27(42-11-43-29)13(2)26(22)44-15(4)37/h7,14,17-19,23-24,30,32H,8-11,34H2,1-6H3/t14-,17-,18-,19?,23+,24+,30+,32-,33-/m0/s1. The lowest BCUT2D eigenvalue weighted by Gasteiger charge is -2.61. The van der Waals surface area contributed by atoms with Gasteiger partial charge in [-0.25, -0.2) is 0 Å². The molecule has 9 rings (SSSR count). The van der Waals surface area contributed by atoms with Crippen LogP contribution in [0.4, 0.5) is 0 Å². The Balaban J connectivity index is 1.31. The van der Waals surface area contributed by atoms with Crippen LogP contribution in [0.15, 0.2) is 6.07 Å². The van der Waals surface area contributed by atoms with E-state index in [1.54, 1.807) is 26.0 Å². The Hall–Kier alpha value is -3.03. The lowest BCUT2D eigenvalue weighted by atomic mass is 9.55. The minimum absolute atomic E-state index is 0.00600. The second-order valence-corrected chi connectivity index (χ2v) is 14.6. The van der Waals surface area contributed by atoms with E-state index in [1.165, 1.54) is 12.5 Å². The van der Waals surface area contributed by atoms with Crippen LogP contribution in [-0.2, 0) is 19.7 Å². The zero-order chi connectivity index (χ0) is 31.3. The molecule has 0 amide bonds. The van der Waals surface area contributed by atoms with Crippen molar-refractivity contribution in [1.29, 1.82) is 0 Å². The van der Waals surface area contributed by atoms with Crippen molar-refractivity contribution in [3.63, 3.8) is 0 Å². The number of esters is 1. The maximum atomic E-state index is 14.8. The Labute approximate surface area is 265 Å². The molecular weight excluding hydrogens is 598 g/mol. The number of hydrogen-bond acceptors (Lipinski definition) is 12. The van der Waals surface area contributed by atoms with Crippen LogP contribution in [0.2, 0.25) is 0 Å². The van der Waals surface area contributed by atoms with Gasteiger partial charge in [0.05, 0.1) is 30.7 Å². The summed E-state index contributed by atoms with van der Waals surface area (Å²) in [5, 5.41) is -0.153. The predicted octanol–water partition coefficient (Wildman–Crippen LogP) is 3.21. The van der Waals surface area contributed by atoms with E-state index in [9.17, 15) is 9.59 Å². The van der Waals surface area contributed by atoms with Crippen molar-refractivity contribution in [2.45, 2.75) is 87.1 Å². The summed E-state index contributed by atoms with van der Waals surface area (Å²) in [5.41, 5.74) is 11.4. The highest BCUT2D eigenvalue weighted by atomic mass is 32.2. The number of rotatable bonds is 5. The van der Waals surface area contributed by atoms with Crippen LogP contribution in [0.5, 0.6) is 28.7 Å². The van der Waals surface area contributed by atoms with E-state index in [0.717, 1.165) is 28.7 Å². The molecule has 6 heterocycles. The van der Waals surface area contributed by atoms with Crippen LogP contribution in [-0.4, -0.2) is 84.5 Å². The largest absolute Gasteiger partial charge is 0.493 e. The fraction of sp³-hybridized carbons (Fsp3) is 0.576. The molecule has 1 unspecified atom stereocenters. The summed E-state index contributed by atoms with van der Waals surface area (Å²) in [6.07, 6.45) is 1.01. The van der Waals surface area contributed by atoms with E-state index in [0.29, 0.717) is 40.1 Å². The number of ketones is 1. The molecule has 11 nitrogen and oxygen atoms in total. The first kappa shape index (κ1) is 28.2. The lowest BCUT2D eigenvalue weighted by molar-refractivity contribution is -0.138. The average molecular weight is 636 g/mol. The van der Waals surface area contributed by atoms with Crippen LogP contribution in [0.1, 0.15) is 71.8 Å². The van der Waals surface area contributed by atoms with Crippen molar-refractivity contribution in [3.05, 3.63) is 39.4 Å². The zero-order valence-electron chi connectivity index (χ0n) is 26.2. The van der Waals surface area contributed by atoms with Gasteiger partial charge < -0.3 is 34.2 Å². The first-order valence-corrected chi connectivity index (χ1v) is 16.7. The number of aryl methyl sites for hydroxylation is 1. The van der Waals surface area contributed by atoms with Crippen molar-refractivity contribution in [3.8, 4) is 28.7 Å². The number of ether oxygens (including phenoxy) is 6. The molecule has 2 N–H and O–H groups in total. The topological polar surface area (TPSA) is 122 Å². The number of benzene rings is 2. The van der Waals surface area contributed by atoms with Crippen molar-refractivity contribution < 1.29 is 38.0 Å². The smallest absolute Gasteiger partial charge is 0.308 e. The van der Waals surface area contributed by atoms with E-state index in [4.69, 9.17) is 34.2 Å². The highest BCUT2D eigenvalue weighted by molar-refractivity contribution is 8.00. The van der Waals surface area contributed by atoms with Crippen LogP contribution >= 0.6 is 11.8 Å². The SMILES string of the molecule is COCOc1c(OC)c(C)cc2c1[C@@H]1[C@@H]3[C@@H]4SC[C@H](N)C(=O)[C@@]45c4c(OC(C)=O)c(C)c6c(c4[C@H]5N3[C@@H](C)[C@@H]3CC2N13)OCO6. The molecule has 45 heavy (non-hydrogen) atoms. The number of fused-ring (bicyclic) bond motifs is 11. The number of thioether (sulfide) groups is 1. The summed E-state index contributed by atoms with van der Waals surface area (Å²) in [5.74, 6) is 3.15. The lowest BCUT2D eigenvalue weighted by Crippen LogP contribution is -2.67. The molecule has 1 aliphatic carbocycles. The molecule has 2 aromatic rings. The van der Waals surface area contributed by atoms with Gasteiger partial charge in [0, 0.05) is 71.5 Å². The molecule has 0 radical (unpaired) electrons. The Morgan fingerprint density at radius 2 is 1.91 bits per heavy atom. The van der Waals surface area contributed by atoms with Crippen LogP contribution in [0, 0.1) is 13.8 Å². The highest BCUT2D eigenvalue weighted by Gasteiger charge is 2.79. The number of carbonyl (C=O) groups is 2. The summed E-state index contributed by atoms with van der Waals surface area (Å²) in [6.45, 7) is 7.77. The second kappa shape index (κ2) is 9.28. The van der Waals surface area contributed by atoms with Gasteiger partial charge in [-0.05, 0) is 38.3 Å². The summed E-state index contributed by atoms with van der Waals surface area (Å²) in [4.78, 5) is 32.6. The van der Waals surface area contributed by atoms with Crippen molar-refractivity contribution in [2.75, 3.05) is 33.6 Å². The molecule has 12 heteroatoms. The summed E-state index contributed by atoms with van der Waals surface area (Å²) < 4.78 is 35.8. The number of hydrogen-bond donors (Lipinski definition) is 1. The van der Waals surface area contributed by atoms with E-state index in [2.05, 4.69) is 29.7 Å². The van der Waals surface area contributed by atoms with Gasteiger partial charge in [-0.3, -0.25) is 19.4 Å². The summed E-state index contributed by atoms with van der Waals surface area (Å²) in [6, 6.07) is 1.88. The molecule has 0 saturated carbocycles. The van der Waals surface area contributed by atoms with Gasteiger partial charge in [-0.1, -0.05) is 6.07 Å². The Bertz CT molecular complexity index is 1720. The van der Waals surface area contributed by atoms with Crippen molar-refractivity contribution in [1.82, 2.24) is 9.80 Å². The molecule has 238 valence electrons. The van der Waals surface area contributed by atoms with Crippen molar-refractivity contribution in [2.24, 2.45) is 5.73 Å². The van der Waals surface area contributed by atoms with E-state index in [1.807, 2.05) is 6.92 Å². The third-order valence-corrected chi connectivity index (χ3v) is 13.1. The molecule has 4 saturated heterocycles. The van der Waals surface area contributed by atoms with Crippen molar-refractivity contribution >= 4 is 23.5 Å². The first-order chi connectivity index (χ1) is 21.7. The highest BCUT2D eigenvalue weighted by Crippen LogP contribution is 2.77. The number of methoxy groups -OCH3 is 2. The van der Waals surface area contributed by atoms with E-state index >= 15 is 0 Å². The van der Waals surface area contributed by atoms with Crippen LogP contribution in [0.3, 0.4) is 0 Å². The predicted molar refractivity (Wildman–Crippen MR) is 163 cm³/mol. The molecule has 1 spiro atoms. The van der Waals surface area contributed by atoms with Gasteiger partial charge >= 0.3 is 5.97 Å². The normalized spacial score (nSPS) is 36.1.